The second-order valence-electron chi connectivity index (χ2n) is 5.84. The average Bonchev–Trinajstić information content (AvgIpc) is 3.11. The summed E-state index contributed by atoms with van der Waals surface area (Å²) in [7, 11) is 0. The number of furan rings is 1. The van der Waals surface area contributed by atoms with Crippen LogP contribution in [-0.4, -0.2) is 34.1 Å². The number of hydrogen-bond donors (Lipinski definition) is 2. The molecule has 0 aliphatic heterocycles. The molecule has 1 unspecified atom stereocenters. The van der Waals surface area contributed by atoms with Crippen molar-refractivity contribution in [1.29, 1.82) is 0 Å². The number of urea groups is 1. The van der Waals surface area contributed by atoms with Crippen molar-refractivity contribution in [2.45, 2.75) is 51.7 Å². The highest BCUT2D eigenvalue weighted by Crippen LogP contribution is 2.28. The zero-order chi connectivity index (χ0) is 15.4. The van der Waals surface area contributed by atoms with Crippen LogP contribution in [0.1, 0.15) is 38.9 Å². The van der Waals surface area contributed by atoms with Crippen LogP contribution in [0.2, 0.25) is 0 Å². The second-order valence-corrected chi connectivity index (χ2v) is 5.84. The summed E-state index contributed by atoms with van der Waals surface area (Å²) < 4.78 is 5.29. The van der Waals surface area contributed by atoms with Gasteiger partial charge in [0.15, 0.2) is 0 Å². The first-order chi connectivity index (χ1) is 9.97. The number of nitrogens with zero attached hydrogens (tertiary/aromatic N) is 1. The van der Waals surface area contributed by atoms with Gasteiger partial charge in [-0.2, -0.15) is 0 Å². The molecule has 6 nitrogen and oxygen atoms in total. The maximum Gasteiger partial charge on any atom is 0.318 e. The highest BCUT2D eigenvalue weighted by Gasteiger charge is 2.34. The molecule has 6 heteroatoms. The second kappa shape index (κ2) is 6.65. The minimum Gasteiger partial charge on any atom is -0.481 e. The Morgan fingerprint density at radius 1 is 1.48 bits per heavy atom. The van der Waals surface area contributed by atoms with Gasteiger partial charge < -0.3 is 19.7 Å². The molecule has 0 aromatic carbocycles. The SMILES string of the molecule is CC(C)C(CC(=O)O)NC(=O)N(Cc1ccco1)C1CC1. The van der Waals surface area contributed by atoms with Crippen molar-refractivity contribution in [2.75, 3.05) is 0 Å². The number of aliphatic carboxylic acids is 1. The molecule has 21 heavy (non-hydrogen) atoms. The summed E-state index contributed by atoms with van der Waals surface area (Å²) in [6.07, 6.45) is 3.49. The summed E-state index contributed by atoms with van der Waals surface area (Å²) in [6.45, 7) is 4.23. The summed E-state index contributed by atoms with van der Waals surface area (Å²) in [5.74, 6) is -0.107. The smallest absolute Gasteiger partial charge is 0.318 e. The van der Waals surface area contributed by atoms with E-state index < -0.39 is 5.97 Å². The van der Waals surface area contributed by atoms with Gasteiger partial charge in [-0.25, -0.2) is 4.79 Å². The van der Waals surface area contributed by atoms with E-state index in [1.165, 1.54) is 0 Å². The summed E-state index contributed by atoms with van der Waals surface area (Å²) >= 11 is 0. The standard InChI is InChI=1S/C15H22N2O4/c1-10(2)13(8-14(18)19)16-15(20)17(11-5-6-11)9-12-4-3-7-21-12/h3-4,7,10-11,13H,5-6,8-9H2,1-2H3,(H,16,20)(H,18,19). The summed E-state index contributed by atoms with van der Waals surface area (Å²) in [6, 6.07) is 3.27. The van der Waals surface area contributed by atoms with E-state index in [2.05, 4.69) is 5.32 Å². The normalized spacial score (nSPS) is 15.8. The van der Waals surface area contributed by atoms with Gasteiger partial charge in [0, 0.05) is 12.1 Å². The Kier molecular flexibility index (Phi) is 4.88. The van der Waals surface area contributed by atoms with Crippen molar-refractivity contribution in [2.24, 2.45) is 5.92 Å². The molecule has 2 rings (SSSR count). The van der Waals surface area contributed by atoms with Crippen molar-refractivity contribution in [3.63, 3.8) is 0 Å². The van der Waals surface area contributed by atoms with Gasteiger partial charge in [-0.05, 0) is 30.9 Å². The first-order valence-electron chi connectivity index (χ1n) is 7.28. The monoisotopic (exact) mass is 294 g/mol. The third-order valence-corrected chi connectivity index (χ3v) is 3.66. The van der Waals surface area contributed by atoms with Crippen LogP contribution in [0.25, 0.3) is 0 Å². The number of carboxylic acids is 1. The minimum atomic E-state index is -0.905. The van der Waals surface area contributed by atoms with Crippen LogP contribution in [0.15, 0.2) is 22.8 Å². The van der Waals surface area contributed by atoms with Gasteiger partial charge in [0.05, 0.1) is 19.2 Å². The predicted octanol–water partition coefficient (Wildman–Crippen LogP) is 2.45. The molecular formula is C15H22N2O4. The molecule has 0 spiro atoms. The maximum absolute atomic E-state index is 12.4. The maximum atomic E-state index is 12.4. The number of hydrogen-bond acceptors (Lipinski definition) is 3. The molecule has 1 saturated carbocycles. The quantitative estimate of drug-likeness (QED) is 0.809. The van der Waals surface area contributed by atoms with Gasteiger partial charge in [0.1, 0.15) is 5.76 Å². The number of carbonyl (C=O) groups excluding carboxylic acids is 1. The summed E-state index contributed by atoms with van der Waals surface area (Å²) in [5, 5.41) is 11.8. The topological polar surface area (TPSA) is 82.8 Å². The molecule has 1 heterocycles. The summed E-state index contributed by atoms with van der Waals surface area (Å²) in [4.78, 5) is 25.0. The fourth-order valence-corrected chi connectivity index (χ4v) is 2.21. The average molecular weight is 294 g/mol. The Morgan fingerprint density at radius 3 is 2.67 bits per heavy atom. The molecule has 1 fully saturated rings. The van der Waals surface area contributed by atoms with Gasteiger partial charge in [-0.15, -0.1) is 0 Å². The lowest BCUT2D eigenvalue weighted by molar-refractivity contribution is -0.137. The molecule has 116 valence electrons. The first-order valence-corrected chi connectivity index (χ1v) is 7.28. The number of nitrogens with one attached hydrogen (secondary N) is 1. The zero-order valence-corrected chi connectivity index (χ0v) is 12.4. The molecule has 1 aliphatic rings. The van der Waals surface area contributed by atoms with Crippen molar-refractivity contribution in [1.82, 2.24) is 10.2 Å². The van der Waals surface area contributed by atoms with Gasteiger partial charge in [-0.3, -0.25) is 4.79 Å². The number of rotatable bonds is 7. The molecule has 1 aromatic heterocycles. The Morgan fingerprint density at radius 2 is 2.19 bits per heavy atom. The van der Waals surface area contributed by atoms with E-state index in [9.17, 15) is 9.59 Å². The van der Waals surface area contributed by atoms with Gasteiger partial charge in [-0.1, -0.05) is 13.8 Å². The van der Waals surface area contributed by atoms with Crippen molar-refractivity contribution in [3.05, 3.63) is 24.2 Å². The van der Waals surface area contributed by atoms with E-state index in [0.717, 1.165) is 18.6 Å². The molecule has 2 N–H and O–H groups in total. The van der Waals surface area contributed by atoms with Crippen LogP contribution in [0.5, 0.6) is 0 Å². The van der Waals surface area contributed by atoms with E-state index in [1.807, 2.05) is 19.9 Å². The van der Waals surface area contributed by atoms with E-state index in [4.69, 9.17) is 9.52 Å². The van der Waals surface area contributed by atoms with Crippen LogP contribution in [0, 0.1) is 5.92 Å². The van der Waals surface area contributed by atoms with Gasteiger partial charge in [0.25, 0.3) is 0 Å². The fraction of sp³-hybridized carbons (Fsp3) is 0.600. The molecule has 0 saturated heterocycles. The summed E-state index contributed by atoms with van der Waals surface area (Å²) in [5.41, 5.74) is 0. The van der Waals surface area contributed by atoms with Crippen molar-refractivity contribution >= 4 is 12.0 Å². The third kappa shape index (κ3) is 4.51. The fourth-order valence-electron chi connectivity index (χ4n) is 2.21. The zero-order valence-electron chi connectivity index (χ0n) is 12.4. The Balaban J connectivity index is 1.98. The number of carbonyl (C=O) groups is 2. The molecular weight excluding hydrogens is 272 g/mol. The lowest BCUT2D eigenvalue weighted by Crippen LogP contribution is -2.48. The van der Waals surface area contributed by atoms with E-state index in [0.29, 0.717) is 6.54 Å². The van der Waals surface area contributed by atoms with Crippen LogP contribution >= 0.6 is 0 Å². The molecule has 2 amide bonds. The first kappa shape index (κ1) is 15.4. The third-order valence-electron chi connectivity index (χ3n) is 3.66. The Labute approximate surface area is 124 Å². The Bertz CT molecular complexity index is 480. The molecule has 0 radical (unpaired) electrons. The largest absolute Gasteiger partial charge is 0.481 e. The van der Waals surface area contributed by atoms with E-state index >= 15 is 0 Å². The number of amides is 2. The molecule has 1 atom stereocenters. The van der Waals surface area contributed by atoms with E-state index in [1.54, 1.807) is 17.2 Å². The van der Waals surface area contributed by atoms with Crippen molar-refractivity contribution < 1.29 is 19.1 Å². The van der Waals surface area contributed by atoms with Gasteiger partial charge in [0.2, 0.25) is 0 Å². The lowest BCUT2D eigenvalue weighted by atomic mass is 10.0. The molecule has 0 bridgehead atoms. The lowest BCUT2D eigenvalue weighted by Gasteiger charge is -2.27. The minimum absolute atomic E-state index is 0.0646. The van der Waals surface area contributed by atoms with Gasteiger partial charge >= 0.3 is 12.0 Å². The predicted molar refractivity (Wildman–Crippen MR) is 76.7 cm³/mol. The highest BCUT2D eigenvalue weighted by molar-refractivity contribution is 5.76. The highest BCUT2D eigenvalue weighted by atomic mass is 16.4. The van der Waals surface area contributed by atoms with Crippen LogP contribution in [0.4, 0.5) is 4.79 Å². The van der Waals surface area contributed by atoms with Crippen molar-refractivity contribution in [3.8, 4) is 0 Å². The molecule has 1 aliphatic carbocycles. The van der Waals surface area contributed by atoms with Crippen LogP contribution < -0.4 is 5.32 Å². The molecule has 1 aromatic rings. The number of carboxylic acid groups (broad SMARTS) is 1. The van der Waals surface area contributed by atoms with Crippen LogP contribution in [-0.2, 0) is 11.3 Å². The van der Waals surface area contributed by atoms with Crippen LogP contribution in [0.3, 0.4) is 0 Å². The van der Waals surface area contributed by atoms with E-state index in [-0.39, 0.29) is 30.5 Å². The Hall–Kier alpha value is -1.98.